The molecule has 0 spiro atoms. The minimum absolute atomic E-state index is 0.452. The van der Waals surface area contributed by atoms with Crippen LogP contribution in [-0.4, -0.2) is 6.29 Å². The van der Waals surface area contributed by atoms with Crippen molar-refractivity contribution in [2.24, 2.45) is 0 Å². The molecule has 0 rings (SSSR count). The van der Waals surface area contributed by atoms with Gasteiger partial charge in [-0.3, -0.25) is 4.79 Å². The number of hydrogen-bond donors (Lipinski definition) is 0. The number of unbranched alkanes of at least 4 members (excludes halogenated alkanes) is 4. The molecule has 0 aliphatic rings. The van der Waals surface area contributed by atoms with E-state index in [1.807, 2.05) is 12.4 Å². The Hall–Kier alpha value is -0.590. The molecule has 0 amide bonds. The van der Waals surface area contributed by atoms with Crippen molar-refractivity contribution >= 4 is 6.29 Å². The average molecular weight is 153 g/mol. The van der Waals surface area contributed by atoms with Crippen molar-refractivity contribution in [3.63, 3.8) is 0 Å². The Morgan fingerprint density at radius 2 is 2.00 bits per heavy atom. The van der Waals surface area contributed by atoms with Gasteiger partial charge in [0.15, 0.2) is 0 Å². The smallest absolute Gasteiger partial charge is 0.202 e. The molecule has 0 fully saturated rings. The molecule has 0 saturated carbocycles. The predicted molar refractivity (Wildman–Crippen MR) is 48.2 cm³/mol. The van der Waals surface area contributed by atoms with Gasteiger partial charge in [-0.2, -0.15) is 0 Å². The van der Waals surface area contributed by atoms with E-state index in [-0.39, 0.29) is 0 Å². The van der Waals surface area contributed by atoms with Gasteiger partial charge in [0.25, 0.3) is 0 Å². The number of allylic oxidation sites excluding steroid dienone is 2. The molecule has 63 valence electrons. The average Bonchev–Trinajstić information content (AvgIpc) is 2.03. The molecule has 0 aromatic carbocycles. The van der Waals surface area contributed by atoms with Crippen LogP contribution in [0.15, 0.2) is 12.2 Å². The minimum Gasteiger partial charge on any atom is -0.291 e. The molecule has 0 heterocycles. The van der Waals surface area contributed by atoms with Crippen LogP contribution in [0.2, 0.25) is 0 Å². The van der Waals surface area contributed by atoms with Gasteiger partial charge in [-0.1, -0.05) is 38.3 Å². The van der Waals surface area contributed by atoms with Crippen molar-refractivity contribution < 1.29 is 4.79 Å². The summed E-state index contributed by atoms with van der Waals surface area (Å²) in [4.78, 5) is 9.76. The van der Waals surface area contributed by atoms with E-state index in [9.17, 15) is 4.79 Å². The first-order valence-corrected chi connectivity index (χ1v) is 4.41. The summed E-state index contributed by atoms with van der Waals surface area (Å²) in [6.07, 6.45) is 12.5. The van der Waals surface area contributed by atoms with E-state index in [1.165, 1.54) is 25.7 Å². The summed E-state index contributed by atoms with van der Waals surface area (Å²) in [6.45, 7) is 2.21. The van der Waals surface area contributed by atoms with Crippen LogP contribution >= 0.6 is 0 Å². The topological polar surface area (TPSA) is 17.1 Å². The van der Waals surface area contributed by atoms with Gasteiger partial charge in [0.1, 0.15) is 0 Å². The lowest BCUT2D eigenvalue weighted by Gasteiger charge is -1.92. The molecule has 1 heteroatoms. The maximum Gasteiger partial charge on any atom is 0.202 e. The van der Waals surface area contributed by atoms with Gasteiger partial charge >= 0.3 is 0 Å². The van der Waals surface area contributed by atoms with Gasteiger partial charge < -0.3 is 0 Å². The fourth-order valence-electron chi connectivity index (χ4n) is 0.938. The van der Waals surface area contributed by atoms with E-state index >= 15 is 0 Å². The van der Waals surface area contributed by atoms with Crippen molar-refractivity contribution in [2.45, 2.75) is 45.4 Å². The summed E-state index contributed by atoms with van der Waals surface area (Å²) in [7, 11) is 0. The van der Waals surface area contributed by atoms with E-state index in [0.29, 0.717) is 6.42 Å². The monoisotopic (exact) mass is 153 g/mol. The molecule has 0 unspecified atom stereocenters. The molecular formula is C10H17O. The highest BCUT2D eigenvalue weighted by Gasteiger charge is 1.83. The molecule has 0 aromatic rings. The Kier molecular flexibility index (Phi) is 8.91. The van der Waals surface area contributed by atoms with Crippen LogP contribution in [0.5, 0.6) is 0 Å². The van der Waals surface area contributed by atoms with Gasteiger partial charge in [0, 0.05) is 6.42 Å². The summed E-state index contributed by atoms with van der Waals surface area (Å²) in [5.41, 5.74) is 0. The molecule has 0 aromatic heterocycles. The van der Waals surface area contributed by atoms with E-state index in [2.05, 4.69) is 13.0 Å². The first-order valence-electron chi connectivity index (χ1n) is 4.41. The van der Waals surface area contributed by atoms with Crippen LogP contribution in [0.4, 0.5) is 0 Å². The quantitative estimate of drug-likeness (QED) is 0.406. The Bertz CT molecular complexity index is 105. The lowest BCUT2D eigenvalue weighted by atomic mass is 10.1. The molecular weight excluding hydrogens is 136 g/mol. The van der Waals surface area contributed by atoms with Crippen LogP contribution in [0.3, 0.4) is 0 Å². The third-order valence-corrected chi connectivity index (χ3v) is 1.59. The van der Waals surface area contributed by atoms with Crippen molar-refractivity contribution in [2.75, 3.05) is 0 Å². The molecule has 1 radical (unpaired) electrons. The molecule has 0 bridgehead atoms. The van der Waals surface area contributed by atoms with E-state index < -0.39 is 0 Å². The largest absolute Gasteiger partial charge is 0.291 e. The third kappa shape index (κ3) is 9.41. The van der Waals surface area contributed by atoms with Crippen molar-refractivity contribution in [3.8, 4) is 0 Å². The normalized spacial score (nSPS) is 10.6. The summed E-state index contributed by atoms with van der Waals surface area (Å²) in [5.74, 6) is 0. The van der Waals surface area contributed by atoms with Gasteiger partial charge in [-0.15, -0.1) is 0 Å². The molecule has 0 N–H and O–H groups in total. The van der Waals surface area contributed by atoms with Crippen LogP contribution in [0, 0.1) is 0 Å². The fraction of sp³-hybridized carbons (Fsp3) is 0.700. The van der Waals surface area contributed by atoms with Crippen molar-refractivity contribution in [3.05, 3.63) is 12.2 Å². The van der Waals surface area contributed by atoms with Crippen LogP contribution in [0.25, 0.3) is 0 Å². The Morgan fingerprint density at radius 1 is 1.18 bits per heavy atom. The van der Waals surface area contributed by atoms with Crippen molar-refractivity contribution in [1.82, 2.24) is 0 Å². The van der Waals surface area contributed by atoms with E-state index in [1.54, 1.807) is 0 Å². The Balaban J connectivity index is 2.94. The van der Waals surface area contributed by atoms with Crippen LogP contribution in [-0.2, 0) is 4.79 Å². The van der Waals surface area contributed by atoms with Crippen molar-refractivity contribution in [1.29, 1.82) is 0 Å². The lowest BCUT2D eigenvalue weighted by molar-refractivity contribution is 0.556. The van der Waals surface area contributed by atoms with E-state index in [0.717, 1.165) is 6.42 Å². The summed E-state index contributed by atoms with van der Waals surface area (Å²) in [5, 5.41) is 0. The fourth-order valence-corrected chi connectivity index (χ4v) is 0.938. The number of carbonyl (C=O) groups excluding carboxylic acids is 1. The van der Waals surface area contributed by atoms with Gasteiger partial charge in [0.05, 0.1) is 0 Å². The second-order valence-corrected chi connectivity index (χ2v) is 2.67. The highest BCUT2D eigenvalue weighted by molar-refractivity contribution is 5.52. The highest BCUT2D eigenvalue weighted by atomic mass is 16.1. The highest BCUT2D eigenvalue weighted by Crippen LogP contribution is 2.02. The van der Waals surface area contributed by atoms with Crippen LogP contribution in [0.1, 0.15) is 45.4 Å². The second-order valence-electron chi connectivity index (χ2n) is 2.67. The lowest BCUT2D eigenvalue weighted by Crippen LogP contribution is -1.74. The van der Waals surface area contributed by atoms with Gasteiger partial charge in [0.2, 0.25) is 6.29 Å². The number of hydrogen-bond acceptors (Lipinski definition) is 1. The standard InChI is InChI=1S/C10H17O/c1-2-3-4-5-6-7-8-9-10-11/h7-8H,2-6,9H2,1H3. The zero-order chi connectivity index (χ0) is 8.36. The molecule has 1 nitrogen and oxygen atoms in total. The first kappa shape index (κ1) is 10.4. The Morgan fingerprint density at radius 3 is 2.64 bits per heavy atom. The SMILES string of the molecule is CCCCCCC=CC[C]=O. The van der Waals surface area contributed by atoms with Crippen LogP contribution < -0.4 is 0 Å². The second kappa shape index (κ2) is 9.41. The molecule has 0 atom stereocenters. The zero-order valence-corrected chi connectivity index (χ0v) is 7.31. The predicted octanol–water partition coefficient (Wildman–Crippen LogP) is 3.01. The summed E-state index contributed by atoms with van der Waals surface area (Å²) in [6, 6.07) is 0. The van der Waals surface area contributed by atoms with Gasteiger partial charge in [-0.25, -0.2) is 0 Å². The minimum atomic E-state index is 0.452. The maximum absolute atomic E-state index is 9.76. The molecule has 0 aliphatic carbocycles. The molecule has 0 saturated heterocycles. The maximum atomic E-state index is 9.76. The van der Waals surface area contributed by atoms with E-state index in [4.69, 9.17) is 0 Å². The summed E-state index contributed by atoms with van der Waals surface area (Å²) >= 11 is 0. The molecule has 0 aliphatic heterocycles. The molecule has 11 heavy (non-hydrogen) atoms. The zero-order valence-electron chi connectivity index (χ0n) is 7.31. The third-order valence-electron chi connectivity index (χ3n) is 1.59. The van der Waals surface area contributed by atoms with Gasteiger partial charge in [-0.05, 0) is 12.8 Å². The first-order chi connectivity index (χ1) is 5.41. The summed E-state index contributed by atoms with van der Waals surface area (Å²) < 4.78 is 0. The number of rotatable bonds is 7. The Labute approximate surface area is 69.5 Å².